The van der Waals surface area contributed by atoms with Gasteiger partial charge in [-0.3, -0.25) is 0 Å². The van der Waals surface area contributed by atoms with Crippen molar-refractivity contribution in [3.05, 3.63) is 41.9 Å². The van der Waals surface area contributed by atoms with Crippen LogP contribution in [0.3, 0.4) is 0 Å². The van der Waals surface area contributed by atoms with Crippen molar-refractivity contribution >= 4 is 10.9 Å². The molecule has 7 heteroatoms. The van der Waals surface area contributed by atoms with Gasteiger partial charge in [0, 0.05) is 30.8 Å². The maximum atomic E-state index is 5.20. The van der Waals surface area contributed by atoms with Crippen LogP contribution in [0.2, 0.25) is 0 Å². The molecule has 2 heterocycles. The molecule has 3 aromatic rings. The number of aromatic nitrogens is 5. The summed E-state index contributed by atoms with van der Waals surface area (Å²) < 4.78 is 7.09. The second kappa shape index (κ2) is 7.55. The molecule has 1 aliphatic rings. The lowest BCUT2D eigenvalue weighted by Gasteiger charge is -2.29. The molecule has 7 nitrogen and oxygen atoms in total. The maximum Gasteiger partial charge on any atom is 0.171 e. The van der Waals surface area contributed by atoms with E-state index in [1.807, 2.05) is 4.68 Å². The van der Waals surface area contributed by atoms with E-state index in [1.165, 1.54) is 29.3 Å². The van der Waals surface area contributed by atoms with Gasteiger partial charge in [0.15, 0.2) is 5.82 Å². The average Bonchev–Trinajstić information content (AvgIpc) is 3.40. The summed E-state index contributed by atoms with van der Waals surface area (Å²) in [7, 11) is 1.70. The number of aromatic amines is 1. The van der Waals surface area contributed by atoms with Crippen LogP contribution in [0, 0.1) is 0 Å². The highest BCUT2D eigenvalue weighted by Crippen LogP contribution is 2.37. The van der Waals surface area contributed by atoms with Crippen LogP contribution in [0.4, 0.5) is 0 Å². The molecule has 1 saturated carbocycles. The number of tetrazole rings is 1. The first-order valence-corrected chi connectivity index (χ1v) is 9.38. The summed E-state index contributed by atoms with van der Waals surface area (Å²) >= 11 is 0. The van der Waals surface area contributed by atoms with Crippen LogP contribution in [0.1, 0.15) is 37.1 Å². The summed E-state index contributed by atoms with van der Waals surface area (Å²) in [6, 6.07) is 8.45. The van der Waals surface area contributed by atoms with Crippen molar-refractivity contribution < 1.29 is 4.74 Å². The zero-order valence-electron chi connectivity index (χ0n) is 15.2. The molecule has 0 atom stereocenters. The predicted octanol–water partition coefficient (Wildman–Crippen LogP) is 2.40. The third kappa shape index (κ3) is 3.24. The van der Waals surface area contributed by atoms with Gasteiger partial charge in [0.05, 0.1) is 18.7 Å². The molecule has 0 spiro atoms. The van der Waals surface area contributed by atoms with E-state index in [-0.39, 0.29) is 5.54 Å². The molecule has 138 valence electrons. The van der Waals surface area contributed by atoms with E-state index in [1.54, 1.807) is 7.11 Å². The molecule has 1 aromatic carbocycles. The number of nitrogens with one attached hydrogen (secondary N) is 2. The summed E-state index contributed by atoms with van der Waals surface area (Å²) in [5.41, 5.74) is 2.42. The molecule has 0 saturated heterocycles. The van der Waals surface area contributed by atoms with Gasteiger partial charge in [-0.05, 0) is 41.3 Å². The fourth-order valence-corrected chi connectivity index (χ4v) is 4.11. The smallest absolute Gasteiger partial charge is 0.171 e. The number of nitrogens with zero attached hydrogens (tertiary/aromatic N) is 4. The van der Waals surface area contributed by atoms with Gasteiger partial charge in [-0.2, -0.15) is 0 Å². The van der Waals surface area contributed by atoms with E-state index in [4.69, 9.17) is 4.74 Å². The first-order valence-electron chi connectivity index (χ1n) is 9.38. The van der Waals surface area contributed by atoms with Crippen molar-refractivity contribution in [3.8, 4) is 0 Å². The summed E-state index contributed by atoms with van der Waals surface area (Å²) in [4.78, 5) is 3.36. The fraction of sp³-hybridized carbons (Fsp3) is 0.526. The van der Waals surface area contributed by atoms with Gasteiger partial charge in [0.1, 0.15) is 0 Å². The quantitative estimate of drug-likeness (QED) is 0.649. The monoisotopic (exact) mass is 354 g/mol. The van der Waals surface area contributed by atoms with Crippen LogP contribution in [0.15, 0.2) is 30.5 Å². The Balaban J connectivity index is 1.48. The van der Waals surface area contributed by atoms with Gasteiger partial charge in [-0.25, -0.2) is 4.68 Å². The first-order chi connectivity index (χ1) is 12.8. The maximum absolute atomic E-state index is 5.20. The molecule has 0 bridgehead atoms. The van der Waals surface area contributed by atoms with Crippen molar-refractivity contribution in [1.82, 2.24) is 30.5 Å². The van der Waals surface area contributed by atoms with E-state index in [9.17, 15) is 0 Å². The van der Waals surface area contributed by atoms with Gasteiger partial charge < -0.3 is 15.0 Å². The second-order valence-corrected chi connectivity index (χ2v) is 7.04. The van der Waals surface area contributed by atoms with Gasteiger partial charge in [-0.15, -0.1) is 5.10 Å². The zero-order valence-corrected chi connectivity index (χ0v) is 15.2. The van der Waals surface area contributed by atoms with Crippen molar-refractivity contribution in [3.63, 3.8) is 0 Å². The molecular formula is C19H26N6O. The Morgan fingerprint density at radius 2 is 2.12 bits per heavy atom. The van der Waals surface area contributed by atoms with E-state index in [0.29, 0.717) is 13.2 Å². The molecular weight excluding hydrogens is 328 g/mol. The largest absolute Gasteiger partial charge is 0.383 e. The highest BCUT2D eigenvalue weighted by Gasteiger charge is 2.39. The van der Waals surface area contributed by atoms with Crippen LogP contribution in [0.25, 0.3) is 10.9 Å². The second-order valence-electron chi connectivity index (χ2n) is 7.04. The third-order valence-corrected chi connectivity index (χ3v) is 5.46. The van der Waals surface area contributed by atoms with Crippen molar-refractivity contribution in [2.24, 2.45) is 0 Å². The van der Waals surface area contributed by atoms with Crippen LogP contribution >= 0.6 is 0 Å². The highest BCUT2D eigenvalue weighted by molar-refractivity contribution is 5.83. The van der Waals surface area contributed by atoms with Crippen LogP contribution in [0.5, 0.6) is 0 Å². The summed E-state index contributed by atoms with van der Waals surface area (Å²) in [5.74, 6) is 0.950. The Morgan fingerprint density at radius 1 is 1.27 bits per heavy atom. The van der Waals surface area contributed by atoms with Gasteiger partial charge in [-0.1, -0.05) is 31.0 Å². The number of fused-ring (bicyclic) bond motifs is 1. The average molecular weight is 354 g/mol. The third-order valence-electron chi connectivity index (χ3n) is 5.46. The molecule has 0 unspecified atom stereocenters. The minimum atomic E-state index is -0.122. The van der Waals surface area contributed by atoms with Crippen LogP contribution in [-0.2, 0) is 23.2 Å². The first kappa shape index (κ1) is 17.2. The van der Waals surface area contributed by atoms with Crippen molar-refractivity contribution in [1.29, 1.82) is 0 Å². The molecule has 0 amide bonds. The molecule has 1 aliphatic carbocycles. The molecule has 26 heavy (non-hydrogen) atoms. The number of H-pyrrole nitrogens is 1. The molecule has 2 N–H and O–H groups in total. The number of hydrogen-bond acceptors (Lipinski definition) is 5. The summed E-state index contributed by atoms with van der Waals surface area (Å²) in [5, 5.41) is 17.6. The number of ether oxygens (including phenoxy) is 1. The number of hydrogen-bond donors (Lipinski definition) is 2. The summed E-state index contributed by atoms with van der Waals surface area (Å²) in [6.45, 7) is 2.20. The zero-order chi connectivity index (χ0) is 17.8. The van der Waals surface area contributed by atoms with Crippen molar-refractivity contribution in [2.75, 3.05) is 20.3 Å². The number of methoxy groups -OCH3 is 1. The number of para-hydroxylation sites is 1. The van der Waals surface area contributed by atoms with E-state index in [0.717, 1.165) is 31.6 Å². The Labute approximate surface area is 153 Å². The van der Waals surface area contributed by atoms with E-state index in [2.05, 4.69) is 56.3 Å². The van der Waals surface area contributed by atoms with E-state index >= 15 is 0 Å². The predicted molar refractivity (Wildman–Crippen MR) is 99.8 cm³/mol. The van der Waals surface area contributed by atoms with E-state index < -0.39 is 0 Å². The van der Waals surface area contributed by atoms with Crippen molar-refractivity contribution in [2.45, 2.75) is 44.2 Å². The standard InChI is InChI=1S/C19H26N6O/c1-26-13-12-25-18(22-23-24-25)19(9-4-5-10-19)21-11-8-15-14-20-17-7-3-2-6-16(15)17/h2-3,6-7,14,20-21H,4-5,8-13H2,1H3. The lowest BCUT2D eigenvalue weighted by molar-refractivity contribution is 0.177. The SMILES string of the molecule is COCCn1nnnc1C1(NCCc2c[nH]c3ccccc23)CCCC1. The molecule has 0 aliphatic heterocycles. The number of rotatable bonds is 8. The normalized spacial score (nSPS) is 16.5. The van der Waals surface area contributed by atoms with Crippen LogP contribution < -0.4 is 5.32 Å². The fourth-order valence-electron chi connectivity index (χ4n) is 4.11. The van der Waals surface area contributed by atoms with Gasteiger partial charge in [0.2, 0.25) is 0 Å². The Morgan fingerprint density at radius 3 is 2.96 bits per heavy atom. The molecule has 1 fully saturated rings. The Kier molecular flexibility index (Phi) is 4.99. The van der Waals surface area contributed by atoms with Gasteiger partial charge in [0.25, 0.3) is 0 Å². The minimum Gasteiger partial charge on any atom is -0.383 e. The molecule has 0 radical (unpaired) electrons. The highest BCUT2D eigenvalue weighted by atomic mass is 16.5. The topological polar surface area (TPSA) is 80.7 Å². The Bertz CT molecular complexity index is 848. The number of benzene rings is 1. The van der Waals surface area contributed by atoms with Crippen LogP contribution in [-0.4, -0.2) is 45.5 Å². The molecule has 2 aromatic heterocycles. The lowest BCUT2D eigenvalue weighted by Crippen LogP contribution is -2.43. The lowest BCUT2D eigenvalue weighted by atomic mass is 9.95. The molecule has 4 rings (SSSR count). The van der Waals surface area contributed by atoms with Gasteiger partial charge >= 0.3 is 0 Å². The Hall–Kier alpha value is -2.25. The minimum absolute atomic E-state index is 0.122. The summed E-state index contributed by atoms with van der Waals surface area (Å²) in [6.07, 6.45) is 7.67.